The van der Waals surface area contributed by atoms with E-state index in [4.69, 9.17) is 12.2 Å². The number of amides is 3. The molecule has 2 atom stereocenters. The number of carbonyl (C=O) groups excluding carboxylic acids is 2. The molecule has 1 aliphatic heterocycles. The molecule has 0 aromatic rings. The molecule has 106 valence electrons. The van der Waals surface area contributed by atoms with Crippen LogP contribution >= 0.6 is 11.8 Å². The lowest BCUT2D eigenvalue weighted by molar-refractivity contribution is -0.120. The topological polar surface area (TPSA) is 84.2 Å². The molecule has 0 saturated carbocycles. The number of hydrogen-bond donors (Lipinski definition) is 3. The maximum absolute atomic E-state index is 11.3. The highest BCUT2D eigenvalue weighted by atomic mass is 32.2. The first-order valence-electron chi connectivity index (χ1n) is 6.49. The fourth-order valence-electron chi connectivity index (χ4n) is 2.10. The maximum atomic E-state index is 11.3. The van der Waals surface area contributed by atoms with Gasteiger partial charge in [-0.3, -0.25) is 4.79 Å². The molecule has 0 radical (unpaired) electrons. The molecule has 0 aromatic carbocycles. The van der Waals surface area contributed by atoms with Crippen LogP contribution in [0, 0.1) is 12.3 Å². The second-order valence-corrected chi connectivity index (χ2v) is 5.96. The zero-order chi connectivity index (χ0) is 14.1. The fourth-order valence-corrected chi connectivity index (χ4v) is 3.53. The first-order valence-corrected chi connectivity index (χ1v) is 7.54. The van der Waals surface area contributed by atoms with E-state index < -0.39 is 6.03 Å². The van der Waals surface area contributed by atoms with Crippen LogP contribution in [0.25, 0.3) is 0 Å². The van der Waals surface area contributed by atoms with Gasteiger partial charge in [0.1, 0.15) is 0 Å². The summed E-state index contributed by atoms with van der Waals surface area (Å²) in [5, 5.41) is 5.95. The molecular weight excluding hydrogens is 262 g/mol. The van der Waals surface area contributed by atoms with Crippen molar-refractivity contribution in [2.24, 2.45) is 5.73 Å². The van der Waals surface area contributed by atoms with Gasteiger partial charge in [-0.2, -0.15) is 11.8 Å². The van der Waals surface area contributed by atoms with E-state index in [9.17, 15) is 9.59 Å². The van der Waals surface area contributed by atoms with Gasteiger partial charge in [0.25, 0.3) is 0 Å². The number of rotatable bonds is 7. The standard InChI is InChI=1S/C13H21N3O2S/c1-2-7-15-12(17)6-4-3-5-11-8-10(9-19-11)16-13(14)18/h1,10-11H,3-9H2,(H,15,17)(H3,14,16,18)/t10-,11+/m1/s1. The van der Waals surface area contributed by atoms with Crippen LogP contribution in [0.15, 0.2) is 0 Å². The van der Waals surface area contributed by atoms with Crippen molar-refractivity contribution in [1.82, 2.24) is 10.6 Å². The van der Waals surface area contributed by atoms with Crippen molar-refractivity contribution in [2.45, 2.75) is 43.4 Å². The van der Waals surface area contributed by atoms with Crippen LogP contribution in [0.2, 0.25) is 0 Å². The van der Waals surface area contributed by atoms with Crippen LogP contribution in [0.5, 0.6) is 0 Å². The average molecular weight is 283 g/mol. The Balaban J connectivity index is 2.03. The minimum Gasteiger partial charge on any atom is -0.352 e. The molecule has 5 nitrogen and oxygen atoms in total. The van der Waals surface area contributed by atoms with Gasteiger partial charge >= 0.3 is 6.03 Å². The first kappa shape index (κ1) is 15.7. The van der Waals surface area contributed by atoms with Crippen LogP contribution in [0.1, 0.15) is 32.1 Å². The third-order valence-electron chi connectivity index (χ3n) is 2.99. The van der Waals surface area contributed by atoms with Gasteiger partial charge in [-0.15, -0.1) is 6.42 Å². The Morgan fingerprint density at radius 2 is 2.21 bits per heavy atom. The van der Waals surface area contributed by atoms with Crippen LogP contribution in [-0.2, 0) is 4.79 Å². The molecule has 6 heteroatoms. The summed E-state index contributed by atoms with van der Waals surface area (Å²) >= 11 is 1.87. The Morgan fingerprint density at radius 1 is 1.42 bits per heavy atom. The van der Waals surface area contributed by atoms with E-state index in [0.717, 1.165) is 31.4 Å². The van der Waals surface area contributed by atoms with E-state index in [2.05, 4.69) is 16.6 Å². The van der Waals surface area contributed by atoms with Crippen molar-refractivity contribution < 1.29 is 9.59 Å². The molecule has 0 aromatic heterocycles. The zero-order valence-electron chi connectivity index (χ0n) is 11.0. The minimum atomic E-state index is -0.448. The van der Waals surface area contributed by atoms with Crippen LogP contribution in [-0.4, -0.2) is 35.5 Å². The van der Waals surface area contributed by atoms with E-state index in [1.54, 1.807) is 0 Å². The third kappa shape index (κ3) is 6.97. The highest BCUT2D eigenvalue weighted by molar-refractivity contribution is 8.00. The summed E-state index contributed by atoms with van der Waals surface area (Å²) in [5.74, 6) is 3.32. The smallest absolute Gasteiger partial charge is 0.312 e. The van der Waals surface area contributed by atoms with E-state index in [-0.39, 0.29) is 11.9 Å². The lowest BCUT2D eigenvalue weighted by Crippen LogP contribution is -2.38. The number of nitrogens with two attached hydrogens (primary N) is 1. The Kier molecular flexibility index (Phi) is 7.19. The molecule has 1 saturated heterocycles. The Morgan fingerprint density at radius 3 is 2.89 bits per heavy atom. The van der Waals surface area contributed by atoms with Crippen molar-refractivity contribution in [3.8, 4) is 12.3 Å². The molecule has 0 bridgehead atoms. The molecular formula is C13H21N3O2S. The summed E-state index contributed by atoms with van der Waals surface area (Å²) < 4.78 is 0. The number of unbranched alkanes of at least 4 members (excludes halogenated alkanes) is 1. The van der Waals surface area contributed by atoms with Gasteiger partial charge in [0, 0.05) is 23.5 Å². The average Bonchev–Trinajstić information content (AvgIpc) is 2.79. The largest absolute Gasteiger partial charge is 0.352 e. The SMILES string of the molecule is C#CCNC(=O)CCCC[C@H]1C[C@@H](NC(N)=O)CS1. The quantitative estimate of drug-likeness (QED) is 0.478. The molecule has 3 amide bonds. The highest BCUT2D eigenvalue weighted by Gasteiger charge is 2.25. The lowest BCUT2D eigenvalue weighted by Gasteiger charge is -2.10. The van der Waals surface area contributed by atoms with Gasteiger partial charge in [-0.1, -0.05) is 12.3 Å². The lowest BCUT2D eigenvalue weighted by atomic mass is 10.1. The number of terminal acetylenes is 1. The molecule has 1 aliphatic rings. The Bertz CT molecular complexity index is 354. The third-order valence-corrected chi connectivity index (χ3v) is 4.49. The molecule has 1 heterocycles. The van der Waals surface area contributed by atoms with E-state index >= 15 is 0 Å². The van der Waals surface area contributed by atoms with Crippen molar-refractivity contribution in [1.29, 1.82) is 0 Å². The highest BCUT2D eigenvalue weighted by Crippen LogP contribution is 2.30. The van der Waals surface area contributed by atoms with Gasteiger partial charge < -0.3 is 16.4 Å². The van der Waals surface area contributed by atoms with Gasteiger partial charge in [0.05, 0.1) is 6.54 Å². The van der Waals surface area contributed by atoms with Gasteiger partial charge in [0.15, 0.2) is 0 Å². The van der Waals surface area contributed by atoms with E-state index in [1.807, 2.05) is 11.8 Å². The number of hydrogen-bond acceptors (Lipinski definition) is 3. The monoisotopic (exact) mass is 283 g/mol. The summed E-state index contributed by atoms with van der Waals surface area (Å²) in [6.07, 6.45) is 9.52. The zero-order valence-corrected chi connectivity index (χ0v) is 11.8. The van der Waals surface area contributed by atoms with Crippen molar-refractivity contribution in [3.63, 3.8) is 0 Å². The first-order chi connectivity index (χ1) is 9.11. The second kappa shape index (κ2) is 8.70. The molecule has 0 aliphatic carbocycles. The number of primary amides is 1. The van der Waals surface area contributed by atoms with Gasteiger partial charge in [-0.05, 0) is 19.3 Å². The minimum absolute atomic E-state index is 0.0188. The number of urea groups is 1. The number of nitrogens with one attached hydrogen (secondary N) is 2. The van der Waals surface area contributed by atoms with Crippen molar-refractivity contribution in [3.05, 3.63) is 0 Å². The van der Waals surface area contributed by atoms with Crippen LogP contribution in [0.4, 0.5) is 4.79 Å². The molecule has 0 spiro atoms. The van der Waals surface area contributed by atoms with Crippen molar-refractivity contribution in [2.75, 3.05) is 12.3 Å². The molecule has 4 N–H and O–H groups in total. The van der Waals surface area contributed by atoms with Crippen LogP contribution < -0.4 is 16.4 Å². The summed E-state index contributed by atoms with van der Waals surface area (Å²) in [7, 11) is 0. The summed E-state index contributed by atoms with van der Waals surface area (Å²) in [5.41, 5.74) is 5.09. The molecule has 1 rings (SSSR count). The summed E-state index contributed by atoms with van der Waals surface area (Å²) in [6, 6.07) is -0.247. The second-order valence-electron chi connectivity index (χ2n) is 4.62. The molecule has 19 heavy (non-hydrogen) atoms. The molecule has 1 fully saturated rings. The number of thioether (sulfide) groups is 1. The maximum Gasteiger partial charge on any atom is 0.312 e. The van der Waals surface area contributed by atoms with E-state index in [1.165, 1.54) is 0 Å². The van der Waals surface area contributed by atoms with Crippen LogP contribution in [0.3, 0.4) is 0 Å². The van der Waals surface area contributed by atoms with Gasteiger partial charge in [-0.25, -0.2) is 4.79 Å². The summed E-state index contributed by atoms with van der Waals surface area (Å²) in [4.78, 5) is 22.0. The normalized spacial score (nSPS) is 21.6. The summed E-state index contributed by atoms with van der Waals surface area (Å²) in [6.45, 7) is 0.303. The van der Waals surface area contributed by atoms with E-state index in [0.29, 0.717) is 18.2 Å². The predicted molar refractivity (Wildman–Crippen MR) is 77.7 cm³/mol. The molecule has 0 unspecified atom stereocenters. The Hall–Kier alpha value is -1.35. The predicted octanol–water partition coefficient (Wildman–Crippen LogP) is 0.839. The van der Waals surface area contributed by atoms with Gasteiger partial charge in [0.2, 0.25) is 5.91 Å². The fraction of sp³-hybridized carbons (Fsp3) is 0.692. The number of carbonyl (C=O) groups is 2. The Labute approximate surface area is 118 Å². The van der Waals surface area contributed by atoms with Crippen molar-refractivity contribution >= 4 is 23.7 Å².